The highest BCUT2D eigenvalue weighted by atomic mass is 31.1. The molecule has 0 spiro atoms. The molecule has 0 N–H and O–H groups in total. The lowest BCUT2D eigenvalue weighted by Gasteiger charge is -2.18. The molecular weight excluding hydrogens is 638 g/mol. The van der Waals surface area contributed by atoms with Crippen LogP contribution in [-0.4, -0.2) is 0 Å². The molecule has 6 aromatic carbocycles. The van der Waals surface area contributed by atoms with E-state index in [1.807, 2.05) is 111 Å². The maximum Gasteiger partial charge on any atom is 0.453 e. The first-order valence-electron chi connectivity index (χ1n) is 15.7. The largest absolute Gasteiger partial charge is 0.453 e. The molecule has 0 atom stereocenters. The molecule has 8 aromatic rings. The van der Waals surface area contributed by atoms with Gasteiger partial charge in [0.25, 0.3) is 0 Å². The van der Waals surface area contributed by atoms with Crippen LogP contribution in [0, 0.1) is 27.7 Å². The lowest BCUT2D eigenvalue weighted by atomic mass is 9.95. The first-order valence-corrected chi connectivity index (χ1v) is 17.9. The van der Waals surface area contributed by atoms with Crippen LogP contribution < -0.4 is 9.05 Å². The highest BCUT2D eigenvalue weighted by Gasteiger charge is 2.22. The van der Waals surface area contributed by atoms with E-state index >= 15 is 0 Å². The monoisotopic (exact) mass is 670 g/mol. The van der Waals surface area contributed by atoms with Crippen LogP contribution in [0.2, 0.25) is 0 Å². The summed E-state index contributed by atoms with van der Waals surface area (Å²) in [5, 5.41) is 3.84. The van der Waals surface area contributed by atoms with Gasteiger partial charge in [-0.3, -0.25) is 0 Å². The Hall–Kier alpha value is -5.28. The van der Waals surface area contributed by atoms with Crippen molar-refractivity contribution in [2.24, 2.45) is 0 Å². The van der Waals surface area contributed by atoms with Crippen molar-refractivity contribution >= 4 is 60.4 Å². The van der Waals surface area contributed by atoms with Gasteiger partial charge in [-0.1, -0.05) is 84.9 Å². The van der Waals surface area contributed by atoms with E-state index in [-0.39, 0.29) is 0 Å². The van der Waals surface area contributed by atoms with Crippen molar-refractivity contribution in [2.45, 2.75) is 27.7 Å². The van der Waals surface area contributed by atoms with Crippen LogP contribution in [0.15, 0.2) is 138 Å². The van der Waals surface area contributed by atoms with E-state index in [0.29, 0.717) is 33.8 Å². The number of hydrogen-bond acceptors (Lipinski definition) is 6. The number of benzene rings is 6. The smallest absolute Gasteiger partial charge is 0.390 e. The number of hydrogen-bond donors (Lipinski definition) is 0. The highest BCUT2D eigenvalue weighted by molar-refractivity contribution is 7.32. The summed E-state index contributed by atoms with van der Waals surface area (Å²) < 4.78 is 39.3. The summed E-state index contributed by atoms with van der Waals surface area (Å²) >= 11 is 0. The lowest BCUT2D eigenvalue weighted by Crippen LogP contribution is -1.96. The van der Waals surface area contributed by atoms with Crippen molar-refractivity contribution in [3.63, 3.8) is 0 Å². The van der Waals surface area contributed by atoms with Crippen molar-refractivity contribution in [1.82, 2.24) is 0 Å². The summed E-state index contributed by atoms with van der Waals surface area (Å²) in [7, 11) is -3.74. The molecule has 0 saturated heterocycles. The SMILES string of the molecule is Cc1cc(C)c(Op2oc3ccccc3c3ccccc3o2)c(-c2cc(C)cc(C)c2Op2oc3ccccc3c3ccccc3o2)c1. The average molecular weight is 671 g/mol. The van der Waals surface area contributed by atoms with Crippen LogP contribution in [0.4, 0.5) is 0 Å². The van der Waals surface area contributed by atoms with Gasteiger partial charge in [0.1, 0.15) is 33.8 Å². The van der Waals surface area contributed by atoms with Crippen LogP contribution in [0.5, 0.6) is 11.5 Å². The van der Waals surface area contributed by atoms with Gasteiger partial charge in [-0.2, -0.15) is 0 Å². The second-order valence-corrected chi connectivity index (χ2v) is 13.9. The summed E-state index contributed by atoms with van der Waals surface area (Å²) in [6.45, 7) is 8.24. The maximum absolute atomic E-state index is 6.77. The molecular formula is C40H32O6P2. The molecule has 0 bridgehead atoms. The number of rotatable bonds is 5. The Morgan fingerprint density at radius 1 is 0.396 bits per heavy atom. The first-order chi connectivity index (χ1) is 23.4. The maximum atomic E-state index is 6.77. The molecule has 0 amide bonds. The predicted octanol–water partition coefficient (Wildman–Crippen LogP) is 13.5. The summed E-state index contributed by atoms with van der Waals surface area (Å²) in [6, 6.07) is 40.2. The Balaban J connectivity index is 1.32. The molecule has 8 rings (SSSR count). The quantitative estimate of drug-likeness (QED) is 0.181. The number of aryl methyl sites for hydroxylation is 4. The molecule has 2 aromatic heterocycles. The minimum atomic E-state index is -1.87. The van der Waals surface area contributed by atoms with Crippen LogP contribution >= 0.6 is 16.5 Å². The van der Waals surface area contributed by atoms with Crippen molar-refractivity contribution < 1.29 is 25.8 Å². The van der Waals surface area contributed by atoms with Gasteiger partial charge < -0.3 is 25.8 Å². The van der Waals surface area contributed by atoms with Crippen molar-refractivity contribution in [3.05, 3.63) is 144 Å². The zero-order chi connectivity index (χ0) is 32.8. The summed E-state index contributed by atoms with van der Waals surface area (Å²) in [4.78, 5) is 0. The third-order valence-corrected chi connectivity index (χ3v) is 10.3. The third-order valence-electron chi connectivity index (χ3n) is 8.28. The van der Waals surface area contributed by atoms with Gasteiger partial charge >= 0.3 is 16.5 Å². The van der Waals surface area contributed by atoms with Crippen LogP contribution in [0.3, 0.4) is 0 Å². The molecule has 0 radical (unpaired) electrons. The molecule has 0 fully saturated rings. The Morgan fingerprint density at radius 2 is 0.688 bits per heavy atom. The fourth-order valence-corrected chi connectivity index (χ4v) is 8.49. The first kappa shape index (κ1) is 30.1. The van der Waals surface area contributed by atoms with Gasteiger partial charge in [0, 0.05) is 32.7 Å². The minimum absolute atomic E-state index is 0.657. The van der Waals surface area contributed by atoms with Gasteiger partial charge in [-0.15, -0.1) is 0 Å². The zero-order valence-electron chi connectivity index (χ0n) is 26.9. The Bertz CT molecular complexity index is 2290. The third kappa shape index (κ3) is 5.64. The summed E-state index contributed by atoms with van der Waals surface area (Å²) in [5.74, 6) is 1.31. The standard InChI is InChI=1S/C40H32O6P2/c1-25-21-27(3)39(45-47-41-35-17-9-5-13-29(35)30-14-6-10-18-36(30)42-47)33(23-25)34-24-26(2)22-28(4)40(34)46-48-43-37-19-11-7-15-31(37)32-16-8-12-20-38(32)44-48/h5-24H,1-4H3. The molecule has 0 aliphatic rings. The van der Waals surface area contributed by atoms with Crippen LogP contribution in [-0.2, 0) is 0 Å². The van der Waals surface area contributed by atoms with Crippen LogP contribution in [0.25, 0.3) is 55.0 Å². The Kier molecular flexibility index (Phi) is 7.76. The van der Waals surface area contributed by atoms with E-state index in [9.17, 15) is 0 Å². The predicted molar refractivity (Wildman–Crippen MR) is 196 cm³/mol. The van der Waals surface area contributed by atoms with Gasteiger partial charge in [0.05, 0.1) is 0 Å². The van der Waals surface area contributed by atoms with E-state index in [2.05, 4.69) is 38.1 Å². The van der Waals surface area contributed by atoms with Gasteiger partial charge in [-0.05, 0) is 86.3 Å². The molecule has 0 aliphatic heterocycles. The fraction of sp³-hybridized carbons (Fsp3) is 0.100. The van der Waals surface area contributed by atoms with Crippen molar-refractivity contribution in [2.75, 3.05) is 0 Å². The molecule has 8 heteroatoms. The molecule has 238 valence electrons. The molecule has 0 unspecified atom stereocenters. The fourth-order valence-electron chi connectivity index (χ4n) is 6.21. The van der Waals surface area contributed by atoms with E-state index in [0.717, 1.165) is 54.9 Å². The normalized spacial score (nSPS) is 11.3. The molecule has 2 heterocycles. The van der Waals surface area contributed by atoms with E-state index in [1.165, 1.54) is 0 Å². The number of fused-ring (bicyclic) bond motifs is 6. The average Bonchev–Trinajstić information content (AvgIpc) is 3.34. The molecule has 6 nitrogen and oxygen atoms in total. The van der Waals surface area contributed by atoms with Gasteiger partial charge in [0.2, 0.25) is 0 Å². The minimum Gasteiger partial charge on any atom is -0.390 e. The lowest BCUT2D eigenvalue weighted by molar-refractivity contribution is 0.491. The summed E-state index contributed by atoms with van der Waals surface area (Å²) in [5.41, 5.74) is 8.63. The van der Waals surface area contributed by atoms with E-state index in [1.54, 1.807) is 0 Å². The zero-order valence-corrected chi connectivity index (χ0v) is 28.7. The van der Waals surface area contributed by atoms with E-state index < -0.39 is 16.5 Å². The Morgan fingerprint density at radius 3 is 1.00 bits per heavy atom. The molecule has 48 heavy (non-hydrogen) atoms. The molecule has 0 aliphatic carbocycles. The van der Waals surface area contributed by atoms with Crippen LogP contribution in [0.1, 0.15) is 22.3 Å². The molecule has 0 saturated carbocycles. The van der Waals surface area contributed by atoms with Gasteiger partial charge in [-0.25, -0.2) is 0 Å². The van der Waals surface area contributed by atoms with Crippen molar-refractivity contribution in [3.8, 4) is 22.6 Å². The van der Waals surface area contributed by atoms with Crippen molar-refractivity contribution in [1.29, 1.82) is 0 Å². The second-order valence-electron chi connectivity index (χ2n) is 11.9. The van der Waals surface area contributed by atoms with E-state index in [4.69, 9.17) is 25.8 Å². The topological polar surface area (TPSA) is 71.0 Å². The Labute approximate surface area is 279 Å². The highest BCUT2D eigenvalue weighted by Crippen LogP contribution is 2.48. The number of para-hydroxylation sites is 4. The second kappa shape index (κ2) is 12.4. The summed E-state index contributed by atoms with van der Waals surface area (Å²) in [6.07, 6.45) is 0. The van der Waals surface area contributed by atoms with Gasteiger partial charge in [0.15, 0.2) is 0 Å².